The lowest BCUT2D eigenvalue weighted by atomic mass is 9.96. The fourth-order valence-corrected chi connectivity index (χ4v) is 8.64. The highest BCUT2D eigenvalue weighted by molar-refractivity contribution is 6.28. The number of hydrogen-bond donors (Lipinski definition) is 1. The predicted octanol–water partition coefficient (Wildman–Crippen LogP) is 13.9. The molecule has 0 aliphatic heterocycles. The number of nitrogens with one attached hydrogen (secondary N) is 1. The highest BCUT2D eigenvalue weighted by atomic mass is 15.0. The molecule has 0 saturated heterocycles. The molecular formula is C56H37N5. The Morgan fingerprint density at radius 3 is 1.90 bits per heavy atom. The number of amidine groups is 2. The highest BCUT2D eigenvalue weighted by Crippen LogP contribution is 2.44. The molecule has 1 N–H and O–H groups in total. The molecule has 11 aromatic rings. The van der Waals surface area contributed by atoms with Crippen LogP contribution in [-0.4, -0.2) is 27.4 Å². The van der Waals surface area contributed by atoms with Crippen LogP contribution in [0.1, 0.15) is 16.7 Å². The van der Waals surface area contributed by atoms with Crippen molar-refractivity contribution in [2.75, 3.05) is 0 Å². The summed E-state index contributed by atoms with van der Waals surface area (Å²) in [6.07, 6.45) is 1.84. The molecule has 2 heterocycles. The van der Waals surface area contributed by atoms with E-state index in [2.05, 4.69) is 161 Å². The summed E-state index contributed by atoms with van der Waals surface area (Å²) in [5.41, 5.74) is 11.3. The first-order valence-electron chi connectivity index (χ1n) is 20.4. The second kappa shape index (κ2) is 15.1. The maximum Gasteiger partial charge on any atom is 0.161 e. The quantitative estimate of drug-likeness (QED) is 0.102. The van der Waals surface area contributed by atoms with Crippen molar-refractivity contribution in [1.82, 2.24) is 9.55 Å². The molecule has 0 saturated carbocycles. The molecule has 0 spiro atoms. The Hall–Kier alpha value is -8.28. The first-order valence-corrected chi connectivity index (χ1v) is 20.4. The molecular weight excluding hydrogens is 743 g/mol. The van der Waals surface area contributed by atoms with Gasteiger partial charge in [-0.25, -0.2) is 15.0 Å². The van der Waals surface area contributed by atoms with E-state index in [1.807, 2.05) is 66.9 Å². The maximum atomic E-state index is 8.68. The van der Waals surface area contributed by atoms with Crippen molar-refractivity contribution >= 4 is 72.1 Å². The molecule has 5 nitrogen and oxygen atoms in total. The highest BCUT2D eigenvalue weighted by Gasteiger charge is 2.22. The van der Waals surface area contributed by atoms with Gasteiger partial charge in [-0.05, 0) is 52.2 Å². The second-order valence-corrected chi connectivity index (χ2v) is 15.2. The lowest BCUT2D eigenvalue weighted by molar-refractivity contribution is 1.19. The zero-order chi connectivity index (χ0) is 40.7. The molecule has 9 aromatic carbocycles. The van der Waals surface area contributed by atoms with Crippen molar-refractivity contribution in [3.05, 3.63) is 229 Å². The minimum absolute atomic E-state index is 0.166. The van der Waals surface area contributed by atoms with Crippen LogP contribution in [0.3, 0.4) is 0 Å². The first kappa shape index (κ1) is 35.8. The third-order valence-electron chi connectivity index (χ3n) is 11.5. The van der Waals surface area contributed by atoms with Crippen molar-refractivity contribution < 1.29 is 0 Å². The van der Waals surface area contributed by atoms with Gasteiger partial charge in [-0.3, -0.25) is 5.41 Å². The van der Waals surface area contributed by atoms with Crippen LogP contribution in [-0.2, 0) is 0 Å². The van der Waals surface area contributed by atoms with Crippen LogP contribution >= 0.6 is 0 Å². The summed E-state index contributed by atoms with van der Waals surface area (Å²) in [7, 11) is 0. The normalized spacial score (nSPS) is 12.0. The molecule has 0 aliphatic rings. The van der Waals surface area contributed by atoms with Crippen molar-refractivity contribution in [2.24, 2.45) is 9.98 Å². The molecule has 0 atom stereocenters. The summed E-state index contributed by atoms with van der Waals surface area (Å²) >= 11 is 0. The number of pyridine rings is 1. The molecule has 5 heteroatoms. The molecule has 2 aromatic heterocycles. The van der Waals surface area contributed by atoms with Gasteiger partial charge >= 0.3 is 0 Å². The van der Waals surface area contributed by atoms with Gasteiger partial charge in [0.2, 0.25) is 0 Å². The van der Waals surface area contributed by atoms with Gasteiger partial charge in [0.25, 0.3) is 0 Å². The van der Waals surface area contributed by atoms with Crippen molar-refractivity contribution in [1.29, 1.82) is 5.41 Å². The smallest absolute Gasteiger partial charge is 0.161 e. The van der Waals surface area contributed by atoms with Gasteiger partial charge in [0.05, 0.1) is 22.2 Å². The minimum Gasteiger partial charge on any atom is -0.308 e. The number of aromatic nitrogens is 2. The Balaban J connectivity index is 1.07. The number of aliphatic imine (C=N–C) groups is 2. The van der Waals surface area contributed by atoms with E-state index in [-0.39, 0.29) is 5.84 Å². The van der Waals surface area contributed by atoms with Crippen LogP contribution in [0.15, 0.2) is 222 Å². The molecule has 286 valence electrons. The Bertz CT molecular complexity index is 3520. The largest absolute Gasteiger partial charge is 0.308 e. The summed E-state index contributed by atoms with van der Waals surface area (Å²) in [4.78, 5) is 14.8. The van der Waals surface area contributed by atoms with Crippen molar-refractivity contribution in [3.8, 4) is 28.1 Å². The average molecular weight is 780 g/mol. The fourth-order valence-electron chi connectivity index (χ4n) is 8.64. The summed E-state index contributed by atoms with van der Waals surface area (Å²) in [6, 6.07) is 73.5. The van der Waals surface area contributed by atoms with Crippen LogP contribution in [0.25, 0.3) is 82.3 Å². The van der Waals surface area contributed by atoms with Gasteiger partial charge in [-0.1, -0.05) is 182 Å². The van der Waals surface area contributed by atoms with Crippen LogP contribution in [0, 0.1) is 5.41 Å². The van der Waals surface area contributed by atoms with Crippen LogP contribution in [0.5, 0.6) is 0 Å². The number of hydrogen-bond acceptors (Lipinski definition) is 2. The third kappa shape index (κ3) is 6.46. The Labute approximate surface area is 352 Å². The van der Waals surface area contributed by atoms with Crippen LogP contribution in [0.4, 0.5) is 0 Å². The van der Waals surface area contributed by atoms with E-state index in [4.69, 9.17) is 15.4 Å². The predicted molar refractivity (Wildman–Crippen MR) is 256 cm³/mol. The fraction of sp³-hybridized carbons (Fsp3) is 0. The SMILES string of the molecule is N=C(N=C(N=Cc1ccc2cc(-c3cccc4c5ccc6c(-c7ccccc7)nc7ccccc7c6c5n(-c5ccccc5)c34)ccc2c1)c1ccccc1)c1ccccc1. The summed E-state index contributed by atoms with van der Waals surface area (Å²) in [6.45, 7) is 0. The van der Waals surface area contributed by atoms with Gasteiger partial charge in [0.15, 0.2) is 11.7 Å². The molecule has 0 fully saturated rings. The van der Waals surface area contributed by atoms with Gasteiger partial charge in [0, 0.05) is 61.1 Å². The van der Waals surface area contributed by atoms with Gasteiger partial charge in [0.1, 0.15) is 0 Å². The van der Waals surface area contributed by atoms with Crippen LogP contribution < -0.4 is 0 Å². The zero-order valence-electron chi connectivity index (χ0n) is 33.1. The minimum atomic E-state index is 0.166. The second-order valence-electron chi connectivity index (χ2n) is 15.2. The first-order chi connectivity index (χ1) is 30.2. The van der Waals surface area contributed by atoms with E-state index in [9.17, 15) is 0 Å². The Morgan fingerprint density at radius 1 is 0.492 bits per heavy atom. The monoisotopic (exact) mass is 779 g/mol. The third-order valence-corrected chi connectivity index (χ3v) is 11.5. The van der Waals surface area contributed by atoms with E-state index in [1.54, 1.807) is 0 Å². The summed E-state index contributed by atoms with van der Waals surface area (Å²) in [5, 5.41) is 16.8. The molecule has 0 amide bonds. The molecule has 0 unspecified atom stereocenters. The van der Waals surface area contributed by atoms with Gasteiger partial charge in [-0.2, -0.15) is 0 Å². The maximum absolute atomic E-state index is 8.68. The van der Waals surface area contributed by atoms with E-state index in [1.165, 1.54) is 21.7 Å². The number of fused-ring (bicyclic) bond motifs is 8. The molecule has 0 bridgehead atoms. The zero-order valence-corrected chi connectivity index (χ0v) is 33.1. The van der Waals surface area contributed by atoms with E-state index < -0.39 is 0 Å². The van der Waals surface area contributed by atoms with Crippen molar-refractivity contribution in [3.63, 3.8) is 0 Å². The molecule has 0 aliphatic carbocycles. The van der Waals surface area contributed by atoms with Gasteiger partial charge in [-0.15, -0.1) is 0 Å². The average Bonchev–Trinajstić information content (AvgIpc) is 3.68. The lowest BCUT2D eigenvalue weighted by Gasteiger charge is -2.15. The number of rotatable bonds is 6. The number of benzene rings is 9. The van der Waals surface area contributed by atoms with E-state index in [0.29, 0.717) is 5.84 Å². The standard InChI is InChI=1S/C56H37N5/c57-55(39-18-7-2-8-19-39)60-56(40-20-9-3-10-21-40)58-36-37-28-29-42-35-43(31-30-41(42)34-37)45-25-15-26-46-47-32-33-49-51(54(47)61(53(45)46)44-22-11-4-12-23-44)48-24-13-14-27-50(48)59-52(49)38-16-5-1-6-17-38/h1-36,57H. The van der Waals surface area contributed by atoms with E-state index >= 15 is 0 Å². The number of para-hydroxylation sites is 3. The number of nitrogens with zero attached hydrogens (tertiary/aromatic N) is 4. The lowest BCUT2D eigenvalue weighted by Crippen LogP contribution is -2.04. The Kier molecular flexibility index (Phi) is 8.90. The van der Waals surface area contributed by atoms with Crippen LogP contribution in [0.2, 0.25) is 0 Å². The topological polar surface area (TPSA) is 66.4 Å². The summed E-state index contributed by atoms with van der Waals surface area (Å²) < 4.78 is 2.47. The molecule has 0 radical (unpaired) electrons. The van der Waals surface area contributed by atoms with E-state index in [0.717, 1.165) is 77.3 Å². The van der Waals surface area contributed by atoms with Gasteiger partial charge < -0.3 is 4.57 Å². The summed E-state index contributed by atoms with van der Waals surface area (Å²) in [5.74, 6) is 0.652. The Morgan fingerprint density at radius 2 is 1.11 bits per heavy atom. The van der Waals surface area contributed by atoms with Crippen molar-refractivity contribution in [2.45, 2.75) is 0 Å². The molecule has 61 heavy (non-hydrogen) atoms. The molecule has 11 rings (SSSR count).